The van der Waals surface area contributed by atoms with Crippen LogP contribution in [-0.4, -0.2) is 25.7 Å². The second kappa shape index (κ2) is 8.89. The molecule has 30 heavy (non-hydrogen) atoms. The summed E-state index contributed by atoms with van der Waals surface area (Å²) in [5.41, 5.74) is -1.61. The van der Waals surface area contributed by atoms with Crippen molar-refractivity contribution in [3.63, 3.8) is 0 Å². The van der Waals surface area contributed by atoms with E-state index in [-0.39, 0.29) is 30.0 Å². The van der Waals surface area contributed by atoms with Gasteiger partial charge in [0.2, 0.25) is 0 Å². The smallest absolute Gasteiger partial charge is 0.416 e. The number of carbonyl (C=O) groups excluding carboxylic acids is 1. The van der Waals surface area contributed by atoms with Crippen molar-refractivity contribution in [2.24, 2.45) is 0 Å². The second-order valence-electron chi connectivity index (χ2n) is 6.18. The summed E-state index contributed by atoms with van der Waals surface area (Å²) in [6.45, 7) is 2.07. The maximum atomic E-state index is 12.7. The van der Waals surface area contributed by atoms with Gasteiger partial charge in [0, 0.05) is 5.39 Å². The van der Waals surface area contributed by atoms with E-state index in [1.54, 1.807) is 25.1 Å². The van der Waals surface area contributed by atoms with Crippen LogP contribution < -0.4 is 20.4 Å². The van der Waals surface area contributed by atoms with E-state index in [4.69, 9.17) is 13.9 Å². The molecule has 0 bridgehead atoms. The van der Waals surface area contributed by atoms with Crippen LogP contribution in [0.2, 0.25) is 0 Å². The van der Waals surface area contributed by atoms with E-state index in [9.17, 15) is 22.8 Å². The third-order valence-electron chi connectivity index (χ3n) is 4.09. The molecule has 0 saturated carbocycles. The molecule has 0 aliphatic rings. The maximum Gasteiger partial charge on any atom is 0.416 e. The molecule has 158 valence electrons. The zero-order valence-electron chi connectivity index (χ0n) is 15.9. The molecule has 0 aliphatic carbocycles. The number of rotatable bonds is 7. The lowest BCUT2D eigenvalue weighted by molar-refractivity contribution is -0.137. The number of nitrogens with one attached hydrogen (secondary N) is 1. The minimum absolute atomic E-state index is 0.0211. The summed E-state index contributed by atoms with van der Waals surface area (Å²) >= 11 is 0. The minimum atomic E-state index is -4.47. The molecule has 1 amide bonds. The summed E-state index contributed by atoms with van der Waals surface area (Å²) in [6.07, 6.45) is -4.47. The molecule has 0 unspecified atom stereocenters. The number of hydrogen-bond donors (Lipinski definition) is 1. The molecule has 2 aromatic carbocycles. The number of alkyl halides is 3. The molecule has 1 heterocycles. The molecule has 0 radical (unpaired) electrons. The molecule has 0 fully saturated rings. The average molecular weight is 421 g/mol. The van der Waals surface area contributed by atoms with Gasteiger partial charge in [-0.1, -0.05) is 18.2 Å². The van der Waals surface area contributed by atoms with E-state index < -0.39 is 23.3 Å². The van der Waals surface area contributed by atoms with E-state index in [1.807, 2.05) is 0 Å². The molecule has 3 aromatic rings. The van der Waals surface area contributed by atoms with Gasteiger partial charge in [-0.05, 0) is 37.3 Å². The zero-order valence-corrected chi connectivity index (χ0v) is 15.9. The predicted molar refractivity (Wildman–Crippen MR) is 103 cm³/mol. The summed E-state index contributed by atoms with van der Waals surface area (Å²) < 4.78 is 54.0. The fraction of sp³-hybridized carbons (Fsp3) is 0.238. The quantitative estimate of drug-likeness (QED) is 0.461. The predicted octanol–water partition coefficient (Wildman–Crippen LogP) is 4.02. The second-order valence-corrected chi connectivity index (χ2v) is 6.18. The van der Waals surface area contributed by atoms with Gasteiger partial charge in [0.05, 0.1) is 18.7 Å². The molecular weight excluding hydrogens is 403 g/mol. The lowest BCUT2D eigenvalue weighted by Gasteiger charge is -2.11. The van der Waals surface area contributed by atoms with Gasteiger partial charge in [-0.25, -0.2) is 4.79 Å². The highest BCUT2D eigenvalue weighted by Crippen LogP contribution is 2.31. The van der Waals surface area contributed by atoms with Crippen molar-refractivity contribution in [1.82, 2.24) is 5.32 Å². The van der Waals surface area contributed by atoms with Crippen molar-refractivity contribution in [3.05, 3.63) is 70.1 Å². The fourth-order valence-electron chi connectivity index (χ4n) is 2.74. The highest BCUT2D eigenvalue weighted by atomic mass is 19.4. The number of benzene rings is 2. The molecule has 1 aromatic heterocycles. The number of hydrogen-bond acceptors (Lipinski definition) is 5. The number of ether oxygens (including phenoxy) is 2. The highest BCUT2D eigenvalue weighted by Gasteiger charge is 2.30. The highest BCUT2D eigenvalue weighted by molar-refractivity contribution is 5.97. The zero-order chi connectivity index (χ0) is 21.7. The summed E-state index contributed by atoms with van der Waals surface area (Å²) in [5, 5.41) is 3.00. The summed E-state index contributed by atoms with van der Waals surface area (Å²) in [4.78, 5) is 24.5. The standard InChI is InChI=1S/C21H18F3NO5/c1-2-28-17-8-3-5-13-11-16(20(27)30-18(13)17)19(26)25-9-10-29-15-7-4-6-14(12-15)21(22,23)24/h3-8,11-12H,2,9-10H2,1H3,(H,25,26). The van der Waals surface area contributed by atoms with Gasteiger partial charge in [0.1, 0.15) is 17.9 Å². The Balaban J connectivity index is 1.63. The number of amides is 1. The number of carbonyl (C=O) groups is 1. The first-order chi connectivity index (χ1) is 14.3. The first-order valence-electron chi connectivity index (χ1n) is 9.07. The van der Waals surface area contributed by atoms with Crippen molar-refractivity contribution in [2.45, 2.75) is 13.1 Å². The van der Waals surface area contributed by atoms with E-state index in [1.165, 1.54) is 18.2 Å². The van der Waals surface area contributed by atoms with Gasteiger partial charge in [0.15, 0.2) is 11.3 Å². The van der Waals surface area contributed by atoms with Crippen LogP contribution >= 0.6 is 0 Å². The van der Waals surface area contributed by atoms with E-state index >= 15 is 0 Å². The minimum Gasteiger partial charge on any atom is -0.492 e. The Kier molecular flexibility index (Phi) is 6.29. The molecule has 6 nitrogen and oxygen atoms in total. The molecule has 1 N–H and O–H groups in total. The van der Waals surface area contributed by atoms with Crippen molar-refractivity contribution in [1.29, 1.82) is 0 Å². The van der Waals surface area contributed by atoms with Crippen molar-refractivity contribution in [3.8, 4) is 11.5 Å². The van der Waals surface area contributed by atoms with E-state index in [0.717, 1.165) is 12.1 Å². The lowest BCUT2D eigenvalue weighted by atomic mass is 10.1. The summed E-state index contributed by atoms with van der Waals surface area (Å²) in [7, 11) is 0. The van der Waals surface area contributed by atoms with Crippen LogP contribution in [0.3, 0.4) is 0 Å². The Labute approximate surface area is 169 Å². The van der Waals surface area contributed by atoms with Crippen LogP contribution in [0.5, 0.6) is 11.5 Å². The normalized spacial score (nSPS) is 11.3. The Morgan fingerprint density at radius 1 is 1.10 bits per heavy atom. The molecular formula is C21H18F3NO5. The van der Waals surface area contributed by atoms with E-state index in [0.29, 0.717) is 17.7 Å². The largest absolute Gasteiger partial charge is 0.492 e. The van der Waals surface area contributed by atoms with Crippen LogP contribution in [0, 0.1) is 0 Å². The van der Waals surface area contributed by atoms with Gasteiger partial charge in [-0.3, -0.25) is 4.79 Å². The van der Waals surface area contributed by atoms with Crippen molar-refractivity contribution >= 4 is 16.9 Å². The number of fused-ring (bicyclic) bond motifs is 1. The molecule has 0 atom stereocenters. The maximum absolute atomic E-state index is 12.7. The van der Waals surface area contributed by atoms with Crippen molar-refractivity contribution < 1.29 is 31.9 Å². The van der Waals surface area contributed by atoms with Crippen LogP contribution in [-0.2, 0) is 6.18 Å². The third kappa shape index (κ3) is 4.91. The Morgan fingerprint density at radius 2 is 1.87 bits per heavy atom. The number of para-hydroxylation sites is 1. The lowest BCUT2D eigenvalue weighted by Crippen LogP contribution is -2.31. The first-order valence-corrected chi connectivity index (χ1v) is 9.07. The Morgan fingerprint density at radius 3 is 2.60 bits per heavy atom. The molecule has 0 aliphatic heterocycles. The Hall–Kier alpha value is -3.49. The summed E-state index contributed by atoms with van der Waals surface area (Å²) in [6, 6.07) is 10.8. The molecule has 9 heteroatoms. The van der Waals surface area contributed by atoms with Gasteiger partial charge >= 0.3 is 11.8 Å². The SMILES string of the molecule is CCOc1cccc2cc(C(=O)NCCOc3cccc(C(F)(F)F)c3)c(=O)oc12. The topological polar surface area (TPSA) is 77.8 Å². The molecule has 0 spiro atoms. The van der Waals surface area contributed by atoms with Crippen LogP contribution in [0.1, 0.15) is 22.8 Å². The fourth-order valence-corrected chi connectivity index (χ4v) is 2.74. The molecule has 3 rings (SSSR count). The van der Waals surface area contributed by atoms with Crippen molar-refractivity contribution in [2.75, 3.05) is 19.8 Å². The van der Waals surface area contributed by atoms with E-state index in [2.05, 4.69) is 5.32 Å². The third-order valence-corrected chi connectivity index (χ3v) is 4.09. The van der Waals surface area contributed by atoms with Crippen LogP contribution in [0.25, 0.3) is 11.0 Å². The monoisotopic (exact) mass is 421 g/mol. The van der Waals surface area contributed by atoms with Gasteiger partial charge in [-0.15, -0.1) is 0 Å². The number of halogens is 3. The van der Waals surface area contributed by atoms with Gasteiger partial charge < -0.3 is 19.2 Å². The van der Waals surface area contributed by atoms with Crippen LogP contribution in [0.4, 0.5) is 13.2 Å². The van der Waals surface area contributed by atoms with Gasteiger partial charge in [0.25, 0.3) is 5.91 Å². The van der Waals surface area contributed by atoms with Crippen LogP contribution in [0.15, 0.2) is 57.7 Å². The molecule has 0 saturated heterocycles. The Bertz CT molecular complexity index is 1110. The average Bonchev–Trinajstić information content (AvgIpc) is 2.71. The van der Waals surface area contributed by atoms with Gasteiger partial charge in [-0.2, -0.15) is 13.2 Å². The first kappa shape index (κ1) is 21.2. The summed E-state index contributed by atoms with van der Waals surface area (Å²) in [5.74, 6) is -0.263.